The molecule has 0 atom stereocenters. The normalized spacial score (nSPS) is 19.7. The van der Waals surface area contributed by atoms with Crippen LogP contribution in [0.25, 0.3) is 0 Å². The van der Waals surface area contributed by atoms with E-state index in [4.69, 9.17) is 21.1 Å². The Morgan fingerprint density at radius 3 is 2.21 bits per heavy atom. The van der Waals surface area contributed by atoms with Crippen LogP contribution in [0.15, 0.2) is 34.7 Å². The monoisotopic (exact) mass is 415 g/mol. The van der Waals surface area contributed by atoms with Crippen molar-refractivity contribution in [2.24, 2.45) is 0 Å². The van der Waals surface area contributed by atoms with Gasteiger partial charge in [-0.05, 0) is 49.8 Å². The van der Waals surface area contributed by atoms with E-state index in [1.54, 1.807) is 7.11 Å². The molecular formula is C23H26ClNO4. The molecule has 6 heteroatoms. The maximum absolute atomic E-state index is 12.9. The third kappa shape index (κ3) is 3.57. The average molecular weight is 416 g/mol. The first-order valence-corrected chi connectivity index (χ1v) is 10.7. The minimum Gasteiger partial charge on any atom is -0.493 e. The highest BCUT2D eigenvalue weighted by atomic mass is 35.5. The van der Waals surface area contributed by atoms with Crippen LogP contribution in [0.3, 0.4) is 0 Å². The van der Waals surface area contributed by atoms with Crippen LogP contribution in [0, 0.1) is 0 Å². The van der Waals surface area contributed by atoms with Gasteiger partial charge >= 0.3 is 0 Å². The van der Waals surface area contributed by atoms with Crippen LogP contribution in [0.2, 0.25) is 5.02 Å². The van der Waals surface area contributed by atoms with Gasteiger partial charge in [-0.2, -0.15) is 0 Å². The van der Waals surface area contributed by atoms with Crippen LogP contribution in [-0.2, 0) is 9.59 Å². The van der Waals surface area contributed by atoms with Crippen molar-refractivity contribution in [3.8, 4) is 11.5 Å². The number of rotatable bonds is 5. The van der Waals surface area contributed by atoms with Gasteiger partial charge in [-0.1, -0.05) is 18.5 Å². The van der Waals surface area contributed by atoms with Crippen LogP contribution in [-0.4, -0.2) is 25.3 Å². The Labute approximate surface area is 176 Å². The first-order valence-electron chi connectivity index (χ1n) is 10.3. The van der Waals surface area contributed by atoms with Crippen LogP contribution >= 0.6 is 11.6 Å². The van der Waals surface area contributed by atoms with E-state index in [1.807, 2.05) is 19.1 Å². The number of carbonyl (C=O) groups is 2. The molecule has 0 radical (unpaired) electrons. The first kappa shape index (κ1) is 20.0. The molecular weight excluding hydrogens is 390 g/mol. The first-order chi connectivity index (χ1) is 14.0. The molecule has 1 heterocycles. The van der Waals surface area contributed by atoms with E-state index in [1.165, 1.54) is 0 Å². The molecule has 3 aliphatic rings. The Morgan fingerprint density at radius 2 is 1.66 bits per heavy atom. The second-order valence-corrected chi connectivity index (χ2v) is 8.19. The SMILES string of the molecule is CCCOc1c(Cl)cc(C2C3=C(CCCC3=O)NC3=C2C(=O)CCC3)cc1OC. The van der Waals surface area contributed by atoms with E-state index in [0.29, 0.717) is 47.1 Å². The summed E-state index contributed by atoms with van der Waals surface area (Å²) in [6.07, 6.45) is 5.19. The van der Waals surface area contributed by atoms with E-state index in [9.17, 15) is 9.59 Å². The molecule has 0 fully saturated rings. The van der Waals surface area contributed by atoms with E-state index in [2.05, 4.69) is 5.32 Å². The molecule has 154 valence electrons. The highest BCUT2D eigenvalue weighted by Crippen LogP contribution is 2.48. The third-order valence-corrected chi connectivity index (χ3v) is 6.11. The summed E-state index contributed by atoms with van der Waals surface area (Å²) < 4.78 is 11.3. The lowest BCUT2D eigenvalue weighted by Crippen LogP contribution is -2.36. The molecule has 0 amide bonds. The summed E-state index contributed by atoms with van der Waals surface area (Å²) in [5.74, 6) is 0.843. The van der Waals surface area contributed by atoms with Crippen molar-refractivity contribution in [1.29, 1.82) is 0 Å². The Bertz CT molecular complexity index is 889. The number of allylic oxidation sites excluding steroid dienone is 4. The summed E-state index contributed by atoms with van der Waals surface area (Å²) in [6, 6.07) is 3.69. The van der Waals surface area contributed by atoms with Crippen molar-refractivity contribution in [2.45, 2.75) is 57.8 Å². The van der Waals surface area contributed by atoms with Crippen molar-refractivity contribution in [3.63, 3.8) is 0 Å². The summed E-state index contributed by atoms with van der Waals surface area (Å²) in [5, 5.41) is 3.86. The molecule has 1 aromatic carbocycles. The van der Waals surface area contributed by atoms with Crippen molar-refractivity contribution in [1.82, 2.24) is 5.32 Å². The summed E-state index contributed by atoms with van der Waals surface area (Å²) >= 11 is 6.57. The van der Waals surface area contributed by atoms with Gasteiger partial charge in [-0.3, -0.25) is 9.59 Å². The number of ether oxygens (including phenoxy) is 2. The number of ketones is 2. The Morgan fingerprint density at radius 1 is 1.03 bits per heavy atom. The van der Waals surface area contributed by atoms with E-state index in [0.717, 1.165) is 49.1 Å². The molecule has 0 unspecified atom stereocenters. The fourth-order valence-corrected chi connectivity index (χ4v) is 4.84. The Kier molecular flexibility index (Phi) is 5.68. The van der Waals surface area contributed by atoms with Gasteiger partial charge in [0.2, 0.25) is 0 Å². The van der Waals surface area contributed by atoms with Crippen LogP contribution in [0.4, 0.5) is 0 Å². The quantitative estimate of drug-likeness (QED) is 0.745. The number of carbonyl (C=O) groups excluding carboxylic acids is 2. The van der Waals surface area contributed by atoms with Gasteiger partial charge in [0, 0.05) is 41.3 Å². The summed E-state index contributed by atoms with van der Waals surface area (Å²) in [5.41, 5.74) is 4.15. The zero-order chi connectivity index (χ0) is 20.5. The lowest BCUT2D eigenvalue weighted by Gasteiger charge is -2.37. The minimum absolute atomic E-state index is 0.107. The highest BCUT2D eigenvalue weighted by Gasteiger charge is 2.40. The maximum atomic E-state index is 12.9. The number of nitrogens with one attached hydrogen (secondary N) is 1. The van der Waals surface area contributed by atoms with Crippen molar-refractivity contribution in [2.75, 3.05) is 13.7 Å². The zero-order valence-corrected chi connectivity index (χ0v) is 17.7. The number of hydrogen-bond donors (Lipinski definition) is 1. The van der Waals surface area contributed by atoms with Crippen molar-refractivity contribution >= 4 is 23.2 Å². The van der Waals surface area contributed by atoms with E-state index >= 15 is 0 Å². The van der Waals surface area contributed by atoms with Crippen LogP contribution < -0.4 is 14.8 Å². The highest BCUT2D eigenvalue weighted by molar-refractivity contribution is 6.32. The summed E-state index contributed by atoms with van der Waals surface area (Å²) in [6.45, 7) is 2.56. The predicted octanol–water partition coefficient (Wildman–Crippen LogP) is 4.84. The van der Waals surface area contributed by atoms with Gasteiger partial charge in [-0.15, -0.1) is 0 Å². The standard InChI is InChI=1S/C23H26ClNO4/c1-3-10-29-23-14(24)11-13(12-19(23)28-2)20-21-15(6-4-8-17(21)26)25-16-7-5-9-18(27)22(16)20/h11-12,20,25H,3-10H2,1-2H3. The number of Topliss-reactive ketones (excluding diaryl/α,β-unsaturated/α-hetero) is 2. The second kappa shape index (κ2) is 8.23. The van der Waals surface area contributed by atoms with Gasteiger partial charge in [-0.25, -0.2) is 0 Å². The molecule has 0 spiro atoms. The fraction of sp³-hybridized carbons (Fsp3) is 0.478. The molecule has 29 heavy (non-hydrogen) atoms. The van der Waals surface area contributed by atoms with E-state index in [-0.39, 0.29) is 11.6 Å². The zero-order valence-electron chi connectivity index (χ0n) is 16.9. The van der Waals surface area contributed by atoms with Crippen LogP contribution in [0.5, 0.6) is 11.5 Å². The molecule has 1 N–H and O–H groups in total. The number of methoxy groups -OCH3 is 1. The molecule has 0 saturated heterocycles. The average Bonchev–Trinajstić information content (AvgIpc) is 2.71. The smallest absolute Gasteiger partial charge is 0.179 e. The van der Waals surface area contributed by atoms with E-state index < -0.39 is 5.92 Å². The second-order valence-electron chi connectivity index (χ2n) is 7.78. The molecule has 0 aromatic heterocycles. The Balaban J connectivity index is 1.87. The molecule has 1 aliphatic heterocycles. The number of halogens is 1. The van der Waals surface area contributed by atoms with Gasteiger partial charge in [0.05, 0.1) is 18.7 Å². The van der Waals surface area contributed by atoms with Gasteiger partial charge < -0.3 is 14.8 Å². The van der Waals surface area contributed by atoms with Crippen molar-refractivity contribution in [3.05, 3.63) is 45.3 Å². The molecule has 1 aromatic rings. The number of dihydropyridines is 1. The molecule has 0 saturated carbocycles. The van der Waals surface area contributed by atoms with Crippen molar-refractivity contribution < 1.29 is 19.1 Å². The summed E-state index contributed by atoms with van der Waals surface area (Å²) in [7, 11) is 1.57. The van der Waals surface area contributed by atoms with Gasteiger partial charge in [0.15, 0.2) is 23.1 Å². The summed E-state index contributed by atoms with van der Waals surface area (Å²) in [4.78, 5) is 25.8. The lowest BCUT2D eigenvalue weighted by atomic mass is 9.71. The Hall–Kier alpha value is -2.27. The molecule has 0 bridgehead atoms. The van der Waals surface area contributed by atoms with Gasteiger partial charge in [0.25, 0.3) is 0 Å². The fourth-order valence-electron chi connectivity index (χ4n) is 4.57. The molecule has 4 rings (SSSR count). The van der Waals surface area contributed by atoms with Crippen LogP contribution in [0.1, 0.15) is 63.4 Å². The maximum Gasteiger partial charge on any atom is 0.179 e. The third-order valence-electron chi connectivity index (χ3n) is 5.83. The largest absolute Gasteiger partial charge is 0.493 e. The lowest BCUT2D eigenvalue weighted by molar-refractivity contribution is -0.116. The topological polar surface area (TPSA) is 64.6 Å². The number of benzene rings is 1. The van der Waals surface area contributed by atoms with Gasteiger partial charge in [0.1, 0.15) is 0 Å². The number of hydrogen-bond acceptors (Lipinski definition) is 5. The molecule has 5 nitrogen and oxygen atoms in total. The predicted molar refractivity (Wildman–Crippen MR) is 111 cm³/mol. The molecule has 2 aliphatic carbocycles. The minimum atomic E-state index is -0.395.